The summed E-state index contributed by atoms with van der Waals surface area (Å²) in [6.07, 6.45) is 3.73. The maximum atomic E-state index is 12.2. The first kappa shape index (κ1) is 15.1. The Morgan fingerprint density at radius 2 is 1.90 bits per heavy atom. The monoisotopic (exact) mass is 282 g/mol. The highest BCUT2D eigenvalue weighted by Gasteiger charge is 2.29. The van der Waals surface area contributed by atoms with Crippen LogP contribution in [0.1, 0.15) is 25.7 Å². The van der Waals surface area contributed by atoms with E-state index in [0.29, 0.717) is 13.1 Å². The number of hydrogen-bond acceptors (Lipinski definition) is 3. The lowest BCUT2D eigenvalue weighted by Gasteiger charge is -2.34. The number of urea groups is 1. The Hall–Kier alpha value is -1.30. The molecule has 0 aromatic heterocycles. The number of likely N-dealkylation sites (tertiary alicyclic amines) is 1. The third kappa shape index (κ3) is 3.85. The highest BCUT2D eigenvalue weighted by Crippen LogP contribution is 2.18. The van der Waals surface area contributed by atoms with Gasteiger partial charge in [-0.15, -0.1) is 0 Å². The highest BCUT2D eigenvalue weighted by atomic mass is 16.2. The molecule has 1 atom stereocenters. The van der Waals surface area contributed by atoms with Gasteiger partial charge in [0.15, 0.2) is 0 Å². The van der Waals surface area contributed by atoms with Crippen LogP contribution >= 0.6 is 0 Å². The Morgan fingerprint density at radius 1 is 1.20 bits per heavy atom. The summed E-state index contributed by atoms with van der Waals surface area (Å²) < 4.78 is 0. The van der Waals surface area contributed by atoms with E-state index in [-0.39, 0.29) is 23.9 Å². The van der Waals surface area contributed by atoms with Crippen LogP contribution in [0.15, 0.2) is 0 Å². The number of hydrogen-bond donors (Lipinski definition) is 2. The first-order valence-electron chi connectivity index (χ1n) is 7.55. The molecule has 20 heavy (non-hydrogen) atoms. The lowest BCUT2D eigenvalue weighted by atomic mass is 9.95. The average Bonchev–Trinajstić information content (AvgIpc) is 2.47. The molecular formula is C14H26N4O2. The Bertz CT molecular complexity index is 345. The SMILES string of the molecule is CN(C)C(=O)N1CCC(C(=O)N[C@H]2CCCNC2)CC1. The molecule has 0 bridgehead atoms. The molecule has 2 aliphatic heterocycles. The predicted molar refractivity (Wildman–Crippen MR) is 77.4 cm³/mol. The Morgan fingerprint density at radius 3 is 2.45 bits per heavy atom. The van der Waals surface area contributed by atoms with Gasteiger partial charge in [-0.05, 0) is 32.2 Å². The van der Waals surface area contributed by atoms with E-state index in [1.807, 2.05) is 4.90 Å². The highest BCUT2D eigenvalue weighted by molar-refractivity contribution is 5.80. The van der Waals surface area contributed by atoms with E-state index >= 15 is 0 Å². The summed E-state index contributed by atoms with van der Waals surface area (Å²) in [5.74, 6) is 0.221. The molecule has 0 aromatic carbocycles. The molecule has 0 saturated carbocycles. The fourth-order valence-corrected chi connectivity index (χ4v) is 2.91. The van der Waals surface area contributed by atoms with Gasteiger partial charge >= 0.3 is 6.03 Å². The Labute approximate surface area is 120 Å². The molecule has 2 aliphatic rings. The summed E-state index contributed by atoms with van der Waals surface area (Å²) in [7, 11) is 3.52. The van der Waals surface area contributed by atoms with Crippen LogP contribution < -0.4 is 10.6 Å². The number of carbonyl (C=O) groups is 2. The van der Waals surface area contributed by atoms with Crippen molar-refractivity contribution in [1.29, 1.82) is 0 Å². The molecule has 0 unspecified atom stereocenters. The molecule has 2 rings (SSSR count). The largest absolute Gasteiger partial charge is 0.352 e. The maximum Gasteiger partial charge on any atom is 0.319 e. The van der Waals surface area contributed by atoms with Gasteiger partial charge in [0.25, 0.3) is 0 Å². The normalized spacial score (nSPS) is 24.3. The zero-order chi connectivity index (χ0) is 14.5. The van der Waals surface area contributed by atoms with E-state index in [2.05, 4.69) is 10.6 Å². The van der Waals surface area contributed by atoms with Gasteiger partial charge in [-0.2, -0.15) is 0 Å². The van der Waals surface area contributed by atoms with Gasteiger partial charge in [0, 0.05) is 45.7 Å². The van der Waals surface area contributed by atoms with Crippen molar-refractivity contribution < 1.29 is 9.59 Å². The minimum atomic E-state index is 0.0420. The summed E-state index contributed by atoms with van der Waals surface area (Å²) in [4.78, 5) is 27.5. The lowest BCUT2D eigenvalue weighted by molar-refractivity contribution is -0.127. The molecule has 2 saturated heterocycles. The van der Waals surface area contributed by atoms with Gasteiger partial charge in [-0.1, -0.05) is 0 Å². The number of nitrogens with zero attached hydrogens (tertiary/aromatic N) is 2. The van der Waals surface area contributed by atoms with Gasteiger partial charge in [0.2, 0.25) is 5.91 Å². The van der Waals surface area contributed by atoms with Crippen LogP contribution in [-0.2, 0) is 4.79 Å². The van der Waals surface area contributed by atoms with Crippen LogP contribution in [0.2, 0.25) is 0 Å². The van der Waals surface area contributed by atoms with Crippen molar-refractivity contribution >= 4 is 11.9 Å². The van der Waals surface area contributed by atoms with Crippen molar-refractivity contribution in [1.82, 2.24) is 20.4 Å². The van der Waals surface area contributed by atoms with Crippen LogP contribution in [0.3, 0.4) is 0 Å². The first-order valence-corrected chi connectivity index (χ1v) is 7.55. The molecule has 0 spiro atoms. The molecule has 0 aliphatic carbocycles. The fourth-order valence-electron chi connectivity index (χ4n) is 2.91. The topological polar surface area (TPSA) is 64.7 Å². The standard InChI is InChI=1S/C14H26N4O2/c1-17(2)14(20)18-8-5-11(6-9-18)13(19)16-12-4-3-7-15-10-12/h11-12,15H,3-10H2,1-2H3,(H,16,19)/t12-/m0/s1. The molecule has 2 N–H and O–H groups in total. The van der Waals surface area contributed by atoms with E-state index in [1.54, 1.807) is 19.0 Å². The number of rotatable bonds is 2. The zero-order valence-corrected chi connectivity index (χ0v) is 12.5. The van der Waals surface area contributed by atoms with Crippen molar-refractivity contribution in [2.24, 2.45) is 5.92 Å². The molecule has 0 aromatic rings. The van der Waals surface area contributed by atoms with Crippen molar-refractivity contribution in [2.45, 2.75) is 31.7 Å². The smallest absolute Gasteiger partial charge is 0.319 e. The lowest BCUT2D eigenvalue weighted by Crippen LogP contribution is -2.50. The van der Waals surface area contributed by atoms with E-state index in [9.17, 15) is 9.59 Å². The number of carbonyl (C=O) groups excluding carboxylic acids is 2. The number of piperidine rings is 2. The Kier molecular flexibility index (Phi) is 5.23. The molecule has 0 radical (unpaired) electrons. The summed E-state index contributed by atoms with van der Waals surface area (Å²) >= 11 is 0. The molecule has 6 heteroatoms. The molecule has 114 valence electrons. The van der Waals surface area contributed by atoms with E-state index in [0.717, 1.165) is 38.8 Å². The average molecular weight is 282 g/mol. The minimum absolute atomic E-state index is 0.0420. The molecular weight excluding hydrogens is 256 g/mol. The second kappa shape index (κ2) is 6.92. The van der Waals surface area contributed by atoms with Crippen LogP contribution in [0.5, 0.6) is 0 Å². The van der Waals surface area contributed by atoms with Gasteiger partial charge < -0.3 is 20.4 Å². The van der Waals surface area contributed by atoms with Crippen LogP contribution in [0, 0.1) is 5.92 Å². The quantitative estimate of drug-likeness (QED) is 0.763. The first-order chi connectivity index (χ1) is 9.58. The van der Waals surface area contributed by atoms with Crippen LogP contribution in [0.4, 0.5) is 4.79 Å². The van der Waals surface area contributed by atoms with E-state index < -0.39 is 0 Å². The van der Waals surface area contributed by atoms with Crippen molar-refractivity contribution in [2.75, 3.05) is 40.3 Å². The van der Waals surface area contributed by atoms with Gasteiger partial charge in [-0.3, -0.25) is 4.79 Å². The minimum Gasteiger partial charge on any atom is -0.352 e. The van der Waals surface area contributed by atoms with Gasteiger partial charge in [0.1, 0.15) is 0 Å². The van der Waals surface area contributed by atoms with Gasteiger partial charge in [0.05, 0.1) is 0 Å². The summed E-state index contributed by atoms with van der Waals surface area (Å²) in [5.41, 5.74) is 0. The number of amides is 3. The van der Waals surface area contributed by atoms with Crippen LogP contribution in [0.25, 0.3) is 0 Å². The molecule has 2 heterocycles. The van der Waals surface area contributed by atoms with Crippen molar-refractivity contribution in [3.63, 3.8) is 0 Å². The van der Waals surface area contributed by atoms with E-state index in [4.69, 9.17) is 0 Å². The summed E-state index contributed by atoms with van der Waals surface area (Å²) in [6.45, 7) is 3.29. The molecule has 2 fully saturated rings. The second-order valence-corrected chi connectivity index (χ2v) is 5.99. The number of nitrogens with one attached hydrogen (secondary N) is 2. The van der Waals surface area contributed by atoms with E-state index in [1.165, 1.54) is 0 Å². The van der Waals surface area contributed by atoms with Crippen LogP contribution in [-0.4, -0.2) is 68.1 Å². The summed E-state index contributed by atoms with van der Waals surface area (Å²) in [6, 6.07) is 0.318. The maximum absolute atomic E-state index is 12.2. The van der Waals surface area contributed by atoms with Crippen molar-refractivity contribution in [3.8, 4) is 0 Å². The third-order valence-electron chi connectivity index (χ3n) is 4.16. The zero-order valence-electron chi connectivity index (χ0n) is 12.5. The third-order valence-corrected chi connectivity index (χ3v) is 4.16. The molecule has 3 amide bonds. The fraction of sp³-hybridized carbons (Fsp3) is 0.857. The molecule has 6 nitrogen and oxygen atoms in total. The van der Waals surface area contributed by atoms with Crippen molar-refractivity contribution in [3.05, 3.63) is 0 Å². The predicted octanol–water partition coefficient (Wildman–Crippen LogP) is 0.248. The Balaban J connectivity index is 1.75. The second-order valence-electron chi connectivity index (χ2n) is 5.99. The van der Waals surface area contributed by atoms with Gasteiger partial charge in [-0.25, -0.2) is 4.79 Å². The summed E-state index contributed by atoms with van der Waals surface area (Å²) in [5, 5.41) is 6.44.